The zero-order valence-corrected chi connectivity index (χ0v) is 10.7. The van der Waals surface area contributed by atoms with Crippen molar-refractivity contribution < 1.29 is 4.74 Å². The molecule has 1 aliphatic heterocycles. The van der Waals surface area contributed by atoms with E-state index in [0.717, 1.165) is 25.9 Å². The van der Waals surface area contributed by atoms with E-state index in [4.69, 9.17) is 10.5 Å². The van der Waals surface area contributed by atoms with Crippen molar-refractivity contribution in [3.8, 4) is 0 Å². The van der Waals surface area contributed by atoms with E-state index in [1.54, 1.807) is 0 Å². The van der Waals surface area contributed by atoms with Gasteiger partial charge in [-0.2, -0.15) is 0 Å². The van der Waals surface area contributed by atoms with E-state index in [2.05, 4.69) is 32.7 Å². The van der Waals surface area contributed by atoms with E-state index in [9.17, 15) is 0 Å². The summed E-state index contributed by atoms with van der Waals surface area (Å²) < 4.78 is 6.19. The smallest absolute Gasteiger partial charge is 0.0823 e. The summed E-state index contributed by atoms with van der Waals surface area (Å²) in [5.41, 5.74) is 5.73. The molecule has 0 aliphatic carbocycles. The van der Waals surface area contributed by atoms with Gasteiger partial charge in [-0.05, 0) is 53.6 Å². The molecule has 0 aromatic heterocycles. The topological polar surface area (TPSA) is 38.5 Å². The van der Waals surface area contributed by atoms with E-state index < -0.39 is 0 Å². The van der Waals surface area contributed by atoms with Crippen LogP contribution in [0.25, 0.3) is 0 Å². The van der Waals surface area contributed by atoms with Crippen molar-refractivity contribution in [1.29, 1.82) is 0 Å². The van der Waals surface area contributed by atoms with Gasteiger partial charge in [0.15, 0.2) is 0 Å². The van der Waals surface area contributed by atoms with Gasteiger partial charge in [0.2, 0.25) is 0 Å². The first-order valence-electron chi connectivity index (χ1n) is 5.96. The third kappa shape index (κ3) is 4.09. The first-order chi connectivity index (χ1) is 6.87. The molecule has 0 aromatic rings. The lowest BCUT2D eigenvalue weighted by Gasteiger charge is -2.38. The molecule has 1 aliphatic rings. The van der Waals surface area contributed by atoms with Crippen LogP contribution >= 0.6 is 0 Å². The Labute approximate surface area is 94.0 Å². The summed E-state index contributed by atoms with van der Waals surface area (Å²) in [7, 11) is 2.17. The molecule has 15 heavy (non-hydrogen) atoms. The zero-order valence-electron chi connectivity index (χ0n) is 10.7. The highest BCUT2D eigenvalue weighted by Gasteiger charge is 2.35. The number of ether oxygens (including phenoxy) is 1. The summed E-state index contributed by atoms with van der Waals surface area (Å²) in [6.07, 6.45) is 3.33. The number of nitrogens with zero attached hydrogens (tertiary/aromatic N) is 1. The van der Waals surface area contributed by atoms with Crippen LogP contribution in [-0.2, 0) is 4.74 Å². The standard InChI is InChI=1S/C12H26N2O/c1-11(2,3)15-12(10-13)6-5-8-14(4)9-7-12/h5-10,13H2,1-4H3. The number of nitrogens with two attached hydrogens (primary N) is 1. The van der Waals surface area contributed by atoms with E-state index in [0.29, 0.717) is 6.54 Å². The Morgan fingerprint density at radius 1 is 1.27 bits per heavy atom. The maximum Gasteiger partial charge on any atom is 0.0823 e. The molecule has 3 nitrogen and oxygen atoms in total. The van der Waals surface area contributed by atoms with Gasteiger partial charge in [0.05, 0.1) is 11.2 Å². The van der Waals surface area contributed by atoms with Crippen LogP contribution in [0.2, 0.25) is 0 Å². The number of hydrogen-bond donors (Lipinski definition) is 1. The van der Waals surface area contributed by atoms with Crippen molar-refractivity contribution in [3.05, 3.63) is 0 Å². The van der Waals surface area contributed by atoms with Gasteiger partial charge < -0.3 is 15.4 Å². The van der Waals surface area contributed by atoms with E-state index >= 15 is 0 Å². The maximum absolute atomic E-state index is 6.19. The van der Waals surface area contributed by atoms with Gasteiger partial charge >= 0.3 is 0 Å². The second-order valence-electron chi connectivity index (χ2n) is 5.76. The van der Waals surface area contributed by atoms with Crippen LogP contribution < -0.4 is 5.73 Å². The van der Waals surface area contributed by atoms with Crippen LogP contribution in [0.5, 0.6) is 0 Å². The van der Waals surface area contributed by atoms with E-state index in [1.807, 2.05) is 0 Å². The van der Waals surface area contributed by atoms with E-state index in [-0.39, 0.29) is 11.2 Å². The summed E-state index contributed by atoms with van der Waals surface area (Å²) in [6.45, 7) is 9.22. The van der Waals surface area contributed by atoms with Gasteiger partial charge in [-0.1, -0.05) is 0 Å². The first-order valence-corrected chi connectivity index (χ1v) is 5.96. The second kappa shape index (κ2) is 4.81. The highest BCUT2D eigenvalue weighted by atomic mass is 16.5. The normalized spacial score (nSPS) is 30.2. The SMILES string of the molecule is CN1CCCC(CN)(OC(C)(C)C)CC1. The highest BCUT2D eigenvalue weighted by Crippen LogP contribution is 2.29. The molecule has 1 rings (SSSR count). The lowest BCUT2D eigenvalue weighted by molar-refractivity contribution is -0.133. The Morgan fingerprint density at radius 2 is 1.93 bits per heavy atom. The lowest BCUT2D eigenvalue weighted by atomic mass is 9.93. The fourth-order valence-corrected chi connectivity index (χ4v) is 2.30. The predicted octanol–water partition coefficient (Wildman–Crippen LogP) is 1.61. The first kappa shape index (κ1) is 12.9. The molecule has 0 saturated carbocycles. The molecule has 0 spiro atoms. The third-order valence-corrected chi connectivity index (χ3v) is 3.02. The van der Waals surface area contributed by atoms with Crippen molar-refractivity contribution in [1.82, 2.24) is 4.90 Å². The zero-order chi connectivity index (χ0) is 11.5. The van der Waals surface area contributed by atoms with Crippen LogP contribution in [0.1, 0.15) is 40.0 Å². The minimum Gasteiger partial charge on any atom is -0.368 e. The predicted molar refractivity (Wildman–Crippen MR) is 64.0 cm³/mol. The van der Waals surface area contributed by atoms with Gasteiger partial charge in [0, 0.05) is 13.1 Å². The minimum atomic E-state index is -0.0950. The molecule has 1 unspecified atom stereocenters. The average molecular weight is 214 g/mol. The van der Waals surface area contributed by atoms with Crippen LogP contribution in [0.3, 0.4) is 0 Å². The summed E-state index contributed by atoms with van der Waals surface area (Å²) >= 11 is 0. The molecule has 1 heterocycles. The Balaban J connectivity index is 2.66. The molecule has 0 bridgehead atoms. The Morgan fingerprint density at radius 3 is 2.47 bits per heavy atom. The summed E-state index contributed by atoms with van der Waals surface area (Å²) in [6, 6.07) is 0. The molecule has 90 valence electrons. The average Bonchev–Trinajstić information content (AvgIpc) is 2.27. The molecule has 0 radical (unpaired) electrons. The van der Waals surface area contributed by atoms with Crippen molar-refractivity contribution >= 4 is 0 Å². The number of hydrogen-bond acceptors (Lipinski definition) is 3. The maximum atomic E-state index is 6.19. The molecule has 0 amide bonds. The molecule has 0 aromatic carbocycles. The Hall–Kier alpha value is -0.120. The molecule has 1 saturated heterocycles. The second-order valence-corrected chi connectivity index (χ2v) is 5.76. The monoisotopic (exact) mass is 214 g/mol. The van der Waals surface area contributed by atoms with Gasteiger partial charge in [-0.3, -0.25) is 0 Å². The van der Waals surface area contributed by atoms with Crippen LogP contribution in [0.4, 0.5) is 0 Å². The summed E-state index contributed by atoms with van der Waals surface area (Å²) in [4.78, 5) is 2.36. The molecule has 2 N–H and O–H groups in total. The molecule has 1 fully saturated rings. The Bertz CT molecular complexity index is 200. The fourth-order valence-electron chi connectivity index (χ4n) is 2.30. The van der Waals surface area contributed by atoms with E-state index in [1.165, 1.54) is 6.42 Å². The summed E-state index contributed by atoms with van der Waals surface area (Å²) in [5.74, 6) is 0. The minimum absolute atomic E-state index is 0.0942. The molecule has 3 heteroatoms. The summed E-state index contributed by atoms with van der Waals surface area (Å²) in [5, 5.41) is 0. The largest absolute Gasteiger partial charge is 0.368 e. The van der Waals surface area contributed by atoms with Crippen molar-refractivity contribution in [2.75, 3.05) is 26.7 Å². The quantitative estimate of drug-likeness (QED) is 0.759. The van der Waals surface area contributed by atoms with Crippen LogP contribution in [0.15, 0.2) is 0 Å². The van der Waals surface area contributed by atoms with Crippen molar-refractivity contribution in [3.63, 3.8) is 0 Å². The fraction of sp³-hybridized carbons (Fsp3) is 1.00. The molecular weight excluding hydrogens is 188 g/mol. The van der Waals surface area contributed by atoms with Crippen molar-refractivity contribution in [2.45, 2.75) is 51.2 Å². The molecular formula is C12H26N2O. The lowest BCUT2D eigenvalue weighted by Crippen LogP contribution is -2.46. The van der Waals surface area contributed by atoms with Crippen LogP contribution in [0, 0.1) is 0 Å². The number of likely N-dealkylation sites (tertiary alicyclic amines) is 1. The number of rotatable bonds is 2. The third-order valence-electron chi connectivity index (χ3n) is 3.02. The van der Waals surface area contributed by atoms with Gasteiger partial charge in [0.25, 0.3) is 0 Å². The Kier molecular flexibility index (Phi) is 4.15. The van der Waals surface area contributed by atoms with Gasteiger partial charge in [-0.15, -0.1) is 0 Å². The van der Waals surface area contributed by atoms with Gasteiger partial charge in [-0.25, -0.2) is 0 Å². The van der Waals surface area contributed by atoms with Crippen molar-refractivity contribution in [2.24, 2.45) is 5.73 Å². The highest BCUT2D eigenvalue weighted by molar-refractivity contribution is 4.88. The van der Waals surface area contributed by atoms with Gasteiger partial charge in [0.1, 0.15) is 0 Å². The van der Waals surface area contributed by atoms with Crippen LogP contribution in [-0.4, -0.2) is 42.8 Å². The molecule has 1 atom stereocenters.